The van der Waals surface area contributed by atoms with E-state index in [1.807, 2.05) is 32.0 Å². The maximum absolute atomic E-state index is 12.0. The molecule has 0 fully saturated rings. The highest BCUT2D eigenvalue weighted by atomic mass is 16.5. The lowest BCUT2D eigenvalue weighted by Gasteiger charge is -2.10. The normalized spacial score (nSPS) is 10.5. The van der Waals surface area contributed by atoms with Gasteiger partial charge in [-0.1, -0.05) is 30.3 Å². The maximum atomic E-state index is 12.0. The van der Waals surface area contributed by atoms with Gasteiger partial charge in [-0.05, 0) is 43.2 Å². The summed E-state index contributed by atoms with van der Waals surface area (Å²) in [6.45, 7) is 2.90. The molecule has 2 aromatic carbocycles. The summed E-state index contributed by atoms with van der Waals surface area (Å²) in [7, 11) is 0. The third-order valence-electron chi connectivity index (χ3n) is 4.15. The summed E-state index contributed by atoms with van der Waals surface area (Å²) in [6.07, 6.45) is 0. The number of nitrogens with one attached hydrogen (secondary N) is 1. The van der Waals surface area contributed by atoms with E-state index in [0.717, 1.165) is 15.8 Å². The topological polar surface area (TPSA) is 103 Å². The Morgan fingerprint density at radius 1 is 1.11 bits per heavy atom. The molecule has 0 aliphatic heterocycles. The molecule has 0 spiro atoms. The summed E-state index contributed by atoms with van der Waals surface area (Å²) in [5.74, 6) is -1.92. The van der Waals surface area contributed by atoms with E-state index in [9.17, 15) is 14.4 Å². The van der Waals surface area contributed by atoms with Crippen LogP contribution in [0.5, 0.6) is 0 Å². The van der Waals surface area contributed by atoms with Crippen LogP contribution >= 0.6 is 0 Å². The van der Waals surface area contributed by atoms with E-state index in [0.29, 0.717) is 11.3 Å². The van der Waals surface area contributed by atoms with E-state index >= 15 is 0 Å². The molecule has 0 saturated carbocycles. The molecule has 144 valence electrons. The Morgan fingerprint density at radius 3 is 2.61 bits per heavy atom. The Kier molecular flexibility index (Phi) is 5.69. The van der Waals surface area contributed by atoms with Crippen LogP contribution in [0.1, 0.15) is 11.1 Å². The summed E-state index contributed by atoms with van der Waals surface area (Å²) >= 11 is 0. The second kappa shape index (κ2) is 8.34. The number of hydrogen-bond acceptors (Lipinski definition) is 6. The fraction of sp³-hybridized carbons (Fsp3) is 0.200. The van der Waals surface area contributed by atoms with Gasteiger partial charge < -0.3 is 14.5 Å². The Balaban J connectivity index is 1.56. The molecule has 0 unspecified atom stereocenters. The second-order valence-electron chi connectivity index (χ2n) is 6.15. The fourth-order valence-corrected chi connectivity index (χ4v) is 2.49. The van der Waals surface area contributed by atoms with Crippen molar-refractivity contribution in [3.05, 3.63) is 70.2 Å². The monoisotopic (exact) mass is 381 g/mol. The number of rotatable bonds is 6. The highest BCUT2D eigenvalue weighted by molar-refractivity contribution is 5.93. The molecule has 0 saturated heterocycles. The zero-order valence-electron chi connectivity index (χ0n) is 15.5. The fourth-order valence-electron chi connectivity index (χ4n) is 2.49. The van der Waals surface area contributed by atoms with Gasteiger partial charge in [0.2, 0.25) is 5.89 Å². The second-order valence-corrected chi connectivity index (χ2v) is 6.15. The van der Waals surface area contributed by atoms with Crippen molar-refractivity contribution in [2.45, 2.75) is 20.4 Å². The van der Waals surface area contributed by atoms with Gasteiger partial charge in [-0.2, -0.15) is 4.68 Å². The van der Waals surface area contributed by atoms with E-state index in [1.54, 1.807) is 30.3 Å². The number of benzene rings is 2. The molecule has 1 amide bonds. The van der Waals surface area contributed by atoms with Crippen LogP contribution in [0.15, 0.2) is 57.7 Å². The van der Waals surface area contributed by atoms with Crippen LogP contribution in [-0.4, -0.2) is 28.3 Å². The van der Waals surface area contributed by atoms with Gasteiger partial charge in [0.1, 0.15) is 6.54 Å². The number of esters is 1. The zero-order chi connectivity index (χ0) is 20.1. The molecule has 1 heterocycles. The molecule has 0 aliphatic carbocycles. The lowest BCUT2D eigenvalue weighted by Crippen LogP contribution is -2.26. The number of hydrogen-bond donors (Lipinski definition) is 1. The SMILES string of the molecule is Cc1cccc(NC(=O)COC(=O)Cn2nc(-c3ccccc3)oc2=O)c1C. The molecule has 3 rings (SSSR count). The summed E-state index contributed by atoms with van der Waals surface area (Å²) in [5, 5.41) is 6.66. The van der Waals surface area contributed by atoms with E-state index in [-0.39, 0.29) is 5.89 Å². The lowest BCUT2D eigenvalue weighted by atomic mass is 10.1. The van der Waals surface area contributed by atoms with Crippen molar-refractivity contribution in [2.24, 2.45) is 0 Å². The predicted molar refractivity (Wildman–Crippen MR) is 102 cm³/mol. The summed E-state index contributed by atoms with van der Waals surface area (Å²) in [6, 6.07) is 14.3. The van der Waals surface area contributed by atoms with Crippen molar-refractivity contribution in [3.63, 3.8) is 0 Å². The van der Waals surface area contributed by atoms with Crippen molar-refractivity contribution in [2.75, 3.05) is 11.9 Å². The molecular weight excluding hydrogens is 362 g/mol. The minimum Gasteiger partial charge on any atom is -0.454 e. The lowest BCUT2D eigenvalue weighted by molar-refractivity contribution is -0.148. The smallest absolute Gasteiger partial charge is 0.437 e. The largest absolute Gasteiger partial charge is 0.454 e. The minimum atomic E-state index is -0.782. The van der Waals surface area contributed by atoms with Gasteiger partial charge in [-0.15, -0.1) is 5.10 Å². The number of ether oxygens (including phenoxy) is 1. The Hall–Kier alpha value is -3.68. The number of aromatic nitrogens is 2. The first-order chi connectivity index (χ1) is 13.4. The quantitative estimate of drug-likeness (QED) is 0.657. The summed E-state index contributed by atoms with van der Waals surface area (Å²) in [4.78, 5) is 35.8. The van der Waals surface area contributed by atoms with Gasteiger partial charge in [-0.3, -0.25) is 9.59 Å². The van der Waals surface area contributed by atoms with E-state index in [4.69, 9.17) is 9.15 Å². The molecule has 0 radical (unpaired) electrons. The van der Waals surface area contributed by atoms with Crippen LogP contribution in [0.2, 0.25) is 0 Å². The third kappa shape index (κ3) is 4.53. The van der Waals surface area contributed by atoms with Crippen molar-refractivity contribution < 1.29 is 18.7 Å². The molecule has 1 N–H and O–H groups in total. The number of carbonyl (C=O) groups excluding carboxylic acids is 2. The first-order valence-electron chi connectivity index (χ1n) is 8.59. The first-order valence-corrected chi connectivity index (χ1v) is 8.59. The Bertz CT molecular complexity index is 1050. The average Bonchev–Trinajstić information content (AvgIpc) is 3.05. The van der Waals surface area contributed by atoms with E-state index in [1.165, 1.54) is 0 Å². The van der Waals surface area contributed by atoms with E-state index in [2.05, 4.69) is 10.4 Å². The van der Waals surface area contributed by atoms with Gasteiger partial charge in [0.05, 0.1) is 0 Å². The summed E-state index contributed by atoms with van der Waals surface area (Å²) < 4.78 is 10.8. The Labute approximate surface area is 160 Å². The number of aryl methyl sites for hydroxylation is 1. The molecular formula is C20H19N3O5. The highest BCUT2D eigenvalue weighted by Gasteiger charge is 2.15. The van der Waals surface area contributed by atoms with Crippen LogP contribution in [0.4, 0.5) is 5.69 Å². The molecule has 8 heteroatoms. The van der Waals surface area contributed by atoms with Crippen molar-refractivity contribution in [3.8, 4) is 11.5 Å². The highest BCUT2D eigenvalue weighted by Crippen LogP contribution is 2.17. The van der Waals surface area contributed by atoms with Crippen molar-refractivity contribution in [1.29, 1.82) is 0 Å². The molecule has 0 atom stereocenters. The number of amides is 1. The molecule has 0 aliphatic rings. The van der Waals surface area contributed by atoms with Gasteiger partial charge >= 0.3 is 11.7 Å². The third-order valence-corrected chi connectivity index (χ3v) is 4.15. The van der Waals surface area contributed by atoms with Crippen LogP contribution in [0.25, 0.3) is 11.5 Å². The number of anilines is 1. The minimum absolute atomic E-state index is 0.103. The Morgan fingerprint density at radius 2 is 1.86 bits per heavy atom. The van der Waals surface area contributed by atoms with Crippen molar-refractivity contribution >= 4 is 17.6 Å². The molecule has 8 nitrogen and oxygen atoms in total. The van der Waals surface area contributed by atoms with Crippen LogP contribution < -0.4 is 11.1 Å². The van der Waals surface area contributed by atoms with Crippen LogP contribution in [0, 0.1) is 13.8 Å². The number of carbonyl (C=O) groups is 2. The molecule has 1 aromatic heterocycles. The predicted octanol–water partition coefficient (Wildman–Crippen LogP) is 2.30. The standard InChI is InChI=1S/C20H19N3O5/c1-13-7-6-10-16(14(13)2)21-17(24)12-27-18(25)11-23-20(26)28-19(22-23)15-8-4-3-5-9-15/h3-10H,11-12H2,1-2H3,(H,21,24). The average molecular weight is 381 g/mol. The summed E-state index contributed by atoms with van der Waals surface area (Å²) in [5.41, 5.74) is 3.24. The maximum Gasteiger partial charge on any atom is 0.437 e. The van der Waals surface area contributed by atoms with Gasteiger partial charge in [0.15, 0.2) is 6.61 Å². The zero-order valence-corrected chi connectivity index (χ0v) is 15.5. The van der Waals surface area contributed by atoms with Gasteiger partial charge in [-0.25, -0.2) is 4.79 Å². The van der Waals surface area contributed by atoms with Crippen LogP contribution in [-0.2, 0) is 20.9 Å². The van der Waals surface area contributed by atoms with E-state index < -0.39 is 30.8 Å². The molecule has 28 heavy (non-hydrogen) atoms. The molecule has 3 aromatic rings. The van der Waals surface area contributed by atoms with Gasteiger partial charge in [0, 0.05) is 11.3 Å². The molecule has 0 bridgehead atoms. The van der Waals surface area contributed by atoms with Crippen LogP contribution in [0.3, 0.4) is 0 Å². The van der Waals surface area contributed by atoms with Crippen molar-refractivity contribution in [1.82, 2.24) is 9.78 Å². The number of nitrogens with zero attached hydrogens (tertiary/aromatic N) is 2. The van der Waals surface area contributed by atoms with Gasteiger partial charge in [0.25, 0.3) is 5.91 Å². The first kappa shape index (κ1) is 19.1.